The van der Waals surface area contributed by atoms with Gasteiger partial charge < -0.3 is 20.1 Å². The number of sulfone groups is 1. The Bertz CT molecular complexity index is 915. The molecule has 2 aromatic carbocycles. The molecule has 0 saturated carbocycles. The van der Waals surface area contributed by atoms with Crippen LogP contribution < -0.4 is 20.1 Å². The number of halogens is 1. The molecule has 26 heavy (non-hydrogen) atoms. The smallest absolute Gasteiger partial charge is 0.243 e. The Hall–Kier alpha value is -2.81. The molecule has 0 fully saturated rings. The number of ether oxygens (including phenoxy) is 2. The molecule has 0 atom stereocenters. The fraction of sp³-hybridized carbons (Fsp3) is 0.235. The van der Waals surface area contributed by atoms with Gasteiger partial charge in [-0.15, -0.1) is 0 Å². The van der Waals surface area contributed by atoms with Gasteiger partial charge in [0, 0.05) is 6.26 Å². The minimum Gasteiger partial charge on any atom is -0.493 e. The van der Waals surface area contributed by atoms with Crippen LogP contribution in [0.2, 0.25) is 0 Å². The van der Waals surface area contributed by atoms with Crippen molar-refractivity contribution in [2.75, 3.05) is 37.7 Å². The number of anilines is 2. The largest absolute Gasteiger partial charge is 0.493 e. The first-order chi connectivity index (χ1) is 12.3. The molecule has 2 aromatic rings. The zero-order chi connectivity index (χ0) is 19.3. The number of hydrogen-bond acceptors (Lipinski definition) is 6. The van der Waals surface area contributed by atoms with Gasteiger partial charge in [-0.1, -0.05) is 12.1 Å². The van der Waals surface area contributed by atoms with Crippen LogP contribution in [-0.4, -0.2) is 41.3 Å². The number of methoxy groups -OCH3 is 2. The maximum atomic E-state index is 13.6. The number of carbonyl (C=O) groups is 1. The Morgan fingerprint density at radius 1 is 1.08 bits per heavy atom. The summed E-state index contributed by atoms with van der Waals surface area (Å²) in [5, 5.41) is 5.14. The number of para-hydroxylation sites is 1. The van der Waals surface area contributed by atoms with Gasteiger partial charge in [-0.3, -0.25) is 4.79 Å². The third kappa shape index (κ3) is 4.42. The number of carbonyl (C=O) groups excluding carboxylic acids is 1. The molecule has 0 spiro atoms. The highest BCUT2D eigenvalue weighted by Crippen LogP contribution is 2.39. The van der Waals surface area contributed by atoms with Crippen molar-refractivity contribution in [2.24, 2.45) is 0 Å². The van der Waals surface area contributed by atoms with Crippen molar-refractivity contribution >= 4 is 27.1 Å². The van der Waals surface area contributed by atoms with E-state index < -0.39 is 21.6 Å². The average Bonchev–Trinajstić information content (AvgIpc) is 2.60. The van der Waals surface area contributed by atoms with Crippen LogP contribution >= 0.6 is 0 Å². The van der Waals surface area contributed by atoms with E-state index >= 15 is 0 Å². The molecular weight excluding hydrogens is 363 g/mol. The summed E-state index contributed by atoms with van der Waals surface area (Å²) >= 11 is 0. The Labute approximate surface area is 151 Å². The summed E-state index contributed by atoms with van der Waals surface area (Å²) in [6, 6.07) is 8.72. The number of hydrogen-bond donors (Lipinski definition) is 2. The molecule has 0 aromatic heterocycles. The molecule has 140 valence electrons. The summed E-state index contributed by atoms with van der Waals surface area (Å²) in [6.07, 6.45) is 1.02. The zero-order valence-corrected chi connectivity index (χ0v) is 15.3. The summed E-state index contributed by atoms with van der Waals surface area (Å²) in [4.78, 5) is 11.9. The van der Waals surface area contributed by atoms with E-state index in [4.69, 9.17) is 9.47 Å². The molecular formula is C17H19FN2O5S. The van der Waals surface area contributed by atoms with Crippen molar-refractivity contribution in [3.05, 3.63) is 42.2 Å². The number of amides is 1. The van der Waals surface area contributed by atoms with Crippen LogP contribution in [0.4, 0.5) is 15.8 Å². The molecule has 1 amide bonds. The van der Waals surface area contributed by atoms with Crippen molar-refractivity contribution in [1.82, 2.24) is 0 Å². The Morgan fingerprint density at radius 3 is 2.35 bits per heavy atom. The quantitative estimate of drug-likeness (QED) is 0.763. The molecule has 0 unspecified atom stereocenters. The third-order valence-corrected chi connectivity index (χ3v) is 4.61. The standard InChI is InChI=1S/C17H19FN2O5S/c1-24-14-9-8-13(17(16(14)25-2)26(3,22)23)19-10-15(21)20-12-7-5-4-6-11(12)18/h4-9,19H,10H2,1-3H3,(H,20,21). The van der Waals surface area contributed by atoms with Crippen molar-refractivity contribution in [1.29, 1.82) is 0 Å². The second-order valence-electron chi connectivity index (χ2n) is 5.33. The maximum Gasteiger partial charge on any atom is 0.243 e. The molecule has 0 radical (unpaired) electrons. The monoisotopic (exact) mass is 382 g/mol. The van der Waals surface area contributed by atoms with Crippen LogP contribution in [0.3, 0.4) is 0 Å². The van der Waals surface area contributed by atoms with Gasteiger partial charge in [-0.25, -0.2) is 12.8 Å². The lowest BCUT2D eigenvalue weighted by molar-refractivity contribution is -0.114. The van der Waals surface area contributed by atoms with Gasteiger partial charge in [0.25, 0.3) is 0 Å². The van der Waals surface area contributed by atoms with Gasteiger partial charge in [-0.05, 0) is 24.3 Å². The Kier molecular flexibility index (Phi) is 6.04. The topological polar surface area (TPSA) is 93.7 Å². The number of benzene rings is 2. The van der Waals surface area contributed by atoms with E-state index in [0.717, 1.165) is 6.26 Å². The third-order valence-electron chi connectivity index (χ3n) is 3.46. The molecule has 7 nitrogen and oxygen atoms in total. The van der Waals surface area contributed by atoms with Gasteiger partial charge in [-0.2, -0.15) is 0 Å². The summed E-state index contributed by atoms with van der Waals surface area (Å²) in [7, 11) is -0.973. The van der Waals surface area contributed by atoms with Crippen molar-refractivity contribution in [3.63, 3.8) is 0 Å². The van der Waals surface area contributed by atoms with Crippen molar-refractivity contribution in [2.45, 2.75) is 4.90 Å². The molecule has 9 heteroatoms. The van der Waals surface area contributed by atoms with Gasteiger partial charge >= 0.3 is 0 Å². The van der Waals surface area contributed by atoms with Crippen LogP contribution in [0, 0.1) is 5.82 Å². The number of nitrogens with one attached hydrogen (secondary N) is 2. The van der Waals surface area contributed by atoms with Gasteiger partial charge in [0.15, 0.2) is 21.3 Å². The zero-order valence-electron chi connectivity index (χ0n) is 14.5. The SMILES string of the molecule is COc1ccc(NCC(=O)Nc2ccccc2F)c(S(C)(=O)=O)c1OC. The van der Waals surface area contributed by atoms with Crippen LogP contribution in [0.15, 0.2) is 41.3 Å². The number of rotatable bonds is 7. The molecule has 0 saturated heterocycles. The fourth-order valence-corrected chi connectivity index (χ4v) is 3.40. The summed E-state index contributed by atoms with van der Waals surface area (Å²) in [5.74, 6) is -0.822. The molecule has 0 aliphatic heterocycles. The minimum atomic E-state index is -3.68. The van der Waals surface area contributed by atoms with Crippen LogP contribution in [0.1, 0.15) is 0 Å². The van der Waals surface area contributed by atoms with Gasteiger partial charge in [0.1, 0.15) is 10.7 Å². The predicted molar refractivity (Wildman–Crippen MR) is 96.2 cm³/mol. The lowest BCUT2D eigenvalue weighted by Gasteiger charge is -2.16. The predicted octanol–water partition coefficient (Wildman–Crippen LogP) is 2.30. The van der Waals surface area contributed by atoms with Crippen LogP contribution in [0.5, 0.6) is 11.5 Å². The fourth-order valence-electron chi connectivity index (χ4n) is 2.34. The molecule has 2 N–H and O–H groups in total. The first kappa shape index (κ1) is 19.5. The van der Waals surface area contributed by atoms with Crippen molar-refractivity contribution < 1.29 is 27.1 Å². The lowest BCUT2D eigenvalue weighted by atomic mass is 10.2. The van der Waals surface area contributed by atoms with Crippen LogP contribution in [-0.2, 0) is 14.6 Å². The summed E-state index contributed by atoms with van der Waals surface area (Å²) in [5.41, 5.74) is 0.212. The van der Waals surface area contributed by atoms with E-state index in [2.05, 4.69) is 10.6 Å². The first-order valence-corrected chi connectivity index (χ1v) is 9.40. The minimum absolute atomic E-state index is 0.0366. The molecule has 0 bridgehead atoms. The lowest BCUT2D eigenvalue weighted by Crippen LogP contribution is -2.23. The highest BCUT2D eigenvalue weighted by atomic mass is 32.2. The van der Waals surface area contributed by atoms with Crippen molar-refractivity contribution in [3.8, 4) is 11.5 Å². The molecule has 0 aliphatic rings. The summed E-state index contributed by atoms with van der Waals surface area (Å²) in [6.45, 7) is -0.271. The van der Waals surface area contributed by atoms with Gasteiger partial charge in [0.2, 0.25) is 5.91 Å². The second kappa shape index (κ2) is 8.05. The van der Waals surface area contributed by atoms with E-state index in [-0.39, 0.29) is 34.3 Å². The maximum absolute atomic E-state index is 13.6. The highest BCUT2D eigenvalue weighted by Gasteiger charge is 2.23. The summed E-state index contributed by atoms with van der Waals surface area (Å²) < 4.78 is 48.1. The van der Waals surface area contributed by atoms with E-state index in [0.29, 0.717) is 0 Å². The highest BCUT2D eigenvalue weighted by molar-refractivity contribution is 7.91. The Morgan fingerprint density at radius 2 is 1.77 bits per heavy atom. The van der Waals surface area contributed by atoms with E-state index in [1.54, 1.807) is 6.07 Å². The normalized spacial score (nSPS) is 10.9. The first-order valence-electron chi connectivity index (χ1n) is 7.51. The average molecular weight is 382 g/mol. The van der Waals surface area contributed by atoms with E-state index in [1.165, 1.54) is 44.6 Å². The van der Waals surface area contributed by atoms with E-state index in [1.807, 2.05) is 0 Å². The van der Waals surface area contributed by atoms with Gasteiger partial charge in [0.05, 0.1) is 32.1 Å². The molecule has 0 heterocycles. The molecule has 0 aliphatic carbocycles. The molecule has 2 rings (SSSR count). The van der Waals surface area contributed by atoms with Crippen LogP contribution in [0.25, 0.3) is 0 Å². The second-order valence-corrected chi connectivity index (χ2v) is 7.28. The van der Waals surface area contributed by atoms with E-state index in [9.17, 15) is 17.6 Å². The Balaban J connectivity index is 2.24.